The number of halogens is 1. The zero-order valence-corrected chi connectivity index (χ0v) is 19.7. The number of hydrogen-bond acceptors (Lipinski definition) is 5. The third-order valence-corrected chi connectivity index (χ3v) is 5.05. The van der Waals surface area contributed by atoms with Gasteiger partial charge in [-0.25, -0.2) is 14.0 Å². The van der Waals surface area contributed by atoms with Crippen molar-refractivity contribution in [3.8, 4) is 11.1 Å². The minimum Gasteiger partial charge on any atom is -0.463 e. The molecule has 1 heterocycles. The van der Waals surface area contributed by atoms with Crippen LogP contribution in [0.3, 0.4) is 0 Å². The van der Waals surface area contributed by atoms with E-state index in [1.807, 2.05) is 6.92 Å². The molecular formula is C27H29FO5. The lowest BCUT2D eigenvalue weighted by Crippen LogP contribution is -2.24. The standard InChI is InChI=1S/C27H29FO5/c1-6-9-23-19(16-24(32-23)26(30)31-5)14-18-13-12-17(15-22(18)28)20-10-7-8-11-21(20)25(29)33-27(2,3)4/h7-8,10-13,15-16H,6,9,14H2,1-5H3. The first kappa shape index (κ1) is 24.2. The van der Waals surface area contributed by atoms with E-state index < -0.39 is 23.4 Å². The summed E-state index contributed by atoms with van der Waals surface area (Å²) in [6, 6.07) is 13.5. The summed E-state index contributed by atoms with van der Waals surface area (Å²) in [4.78, 5) is 24.5. The predicted molar refractivity (Wildman–Crippen MR) is 124 cm³/mol. The average Bonchev–Trinajstić information content (AvgIpc) is 3.16. The summed E-state index contributed by atoms with van der Waals surface area (Å²) >= 11 is 0. The highest BCUT2D eigenvalue weighted by molar-refractivity contribution is 5.97. The summed E-state index contributed by atoms with van der Waals surface area (Å²) in [5, 5.41) is 0. The van der Waals surface area contributed by atoms with Gasteiger partial charge in [-0.15, -0.1) is 0 Å². The second-order valence-corrected chi connectivity index (χ2v) is 8.83. The van der Waals surface area contributed by atoms with Crippen LogP contribution in [0.25, 0.3) is 11.1 Å². The fraction of sp³-hybridized carbons (Fsp3) is 0.333. The normalized spacial score (nSPS) is 11.3. The SMILES string of the molecule is CCCc1oc(C(=O)OC)cc1Cc1ccc(-c2ccccc2C(=O)OC(C)(C)C)cc1F. The summed E-state index contributed by atoms with van der Waals surface area (Å²) < 4.78 is 31.0. The molecule has 0 saturated heterocycles. The van der Waals surface area contributed by atoms with Crippen molar-refractivity contribution in [2.24, 2.45) is 0 Å². The number of carbonyl (C=O) groups is 2. The van der Waals surface area contributed by atoms with Gasteiger partial charge in [-0.2, -0.15) is 0 Å². The Morgan fingerprint density at radius 3 is 2.36 bits per heavy atom. The van der Waals surface area contributed by atoms with Crippen LogP contribution in [-0.4, -0.2) is 24.6 Å². The highest BCUT2D eigenvalue weighted by atomic mass is 19.1. The van der Waals surface area contributed by atoms with Crippen LogP contribution in [0.1, 0.15) is 71.9 Å². The lowest BCUT2D eigenvalue weighted by molar-refractivity contribution is 0.00702. The molecule has 0 amide bonds. The number of furan rings is 1. The van der Waals surface area contributed by atoms with Crippen LogP contribution in [0.5, 0.6) is 0 Å². The Morgan fingerprint density at radius 1 is 1.00 bits per heavy atom. The van der Waals surface area contributed by atoms with E-state index in [2.05, 4.69) is 0 Å². The molecular weight excluding hydrogens is 423 g/mol. The molecule has 0 atom stereocenters. The quantitative estimate of drug-likeness (QED) is 0.390. The minimum absolute atomic E-state index is 0.110. The summed E-state index contributed by atoms with van der Waals surface area (Å²) in [5.41, 5.74) is 2.13. The molecule has 0 aliphatic carbocycles. The van der Waals surface area contributed by atoms with Crippen LogP contribution in [0.4, 0.5) is 4.39 Å². The number of aryl methyl sites for hydroxylation is 1. The fourth-order valence-corrected chi connectivity index (χ4v) is 3.57. The monoisotopic (exact) mass is 452 g/mol. The van der Waals surface area contributed by atoms with Crippen LogP contribution in [0.15, 0.2) is 52.9 Å². The van der Waals surface area contributed by atoms with E-state index in [4.69, 9.17) is 13.9 Å². The molecule has 1 aromatic heterocycles. The number of ether oxygens (including phenoxy) is 2. The van der Waals surface area contributed by atoms with E-state index in [0.29, 0.717) is 34.4 Å². The zero-order valence-electron chi connectivity index (χ0n) is 19.7. The van der Waals surface area contributed by atoms with Gasteiger partial charge in [0.1, 0.15) is 17.2 Å². The van der Waals surface area contributed by atoms with Crippen LogP contribution in [0.2, 0.25) is 0 Å². The van der Waals surface area contributed by atoms with Crippen LogP contribution in [-0.2, 0) is 22.3 Å². The van der Waals surface area contributed by atoms with Crippen molar-refractivity contribution in [2.45, 2.75) is 52.6 Å². The van der Waals surface area contributed by atoms with Gasteiger partial charge in [0.2, 0.25) is 5.76 Å². The lowest BCUT2D eigenvalue weighted by Gasteiger charge is -2.20. The van der Waals surface area contributed by atoms with Crippen molar-refractivity contribution in [3.63, 3.8) is 0 Å². The van der Waals surface area contributed by atoms with Crippen LogP contribution < -0.4 is 0 Å². The second kappa shape index (κ2) is 10.0. The molecule has 33 heavy (non-hydrogen) atoms. The number of esters is 2. The summed E-state index contributed by atoms with van der Waals surface area (Å²) in [6.45, 7) is 7.41. The summed E-state index contributed by atoms with van der Waals surface area (Å²) in [6.07, 6.45) is 1.73. The lowest BCUT2D eigenvalue weighted by atomic mass is 9.96. The number of carbonyl (C=O) groups excluding carboxylic acids is 2. The molecule has 0 aliphatic heterocycles. The summed E-state index contributed by atoms with van der Waals surface area (Å²) in [7, 11) is 1.29. The molecule has 0 bridgehead atoms. The van der Waals surface area contributed by atoms with Crippen molar-refractivity contribution in [1.29, 1.82) is 0 Å². The zero-order chi connectivity index (χ0) is 24.2. The van der Waals surface area contributed by atoms with E-state index in [1.54, 1.807) is 63.2 Å². The van der Waals surface area contributed by atoms with E-state index in [-0.39, 0.29) is 12.2 Å². The first-order valence-electron chi connectivity index (χ1n) is 10.9. The topological polar surface area (TPSA) is 65.7 Å². The van der Waals surface area contributed by atoms with Crippen LogP contribution >= 0.6 is 0 Å². The third-order valence-electron chi connectivity index (χ3n) is 5.05. The van der Waals surface area contributed by atoms with Gasteiger partial charge in [-0.05, 0) is 67.6 Å². The van der Waals surface area contributed by atoms with E-state index in [9.17, 15) is 9.59 Å². The van der Waals surface area contributed by atoms with Crippen LogP contribution in [0, 0.1) is 5.82 Å². The Bertz CT molecular complexity index is 1150. The third kappa shape index (κ3) is 5.89. The maximum atomic E-state index is 15.1. The van der Waals surface area contributed by atoms with Gasteiger partial charge < -0.3 is 13.9 Å². The molecule has 2 aromatic carbocycles. The summed E-state index contributed by atoms with van der Waals surface area (Å²) in [5.74, 6) is -0.667. The largest absolute Gasteiger partial charge is 0.463 e. The maximum Gasteiger partial charge on any atom is 0.373 e. The van der Waals surface area contributed by atoms with Crippen molar-refractivity contribution < 1.29 is 27.9 Å². The Labute approximate surface area is 193 Å². The van der Waals surface area contributed by atoms with Gasteiger partial charge in [-0.3, -0.25) is 0 Å². The molecule has 3 rings (SSSR count). The number of hydrogen-bond donors (Lipinski definition) is 0. The molecule has 6 heteroatoms. The molecule has 0 aliphatic rings. The van der Waals surface area contributed by atoms with Gasteiger partial charge in [0, 0.05) is 12.8 Å². The molecule has 5 nitrogen and oxygen atoms in total. The van der Waals surface area contributed by atoms with E-state index >= 15 is 4.39 Å². The Balaban J connectivity index is 1.92. The average molecular weight is 453 g/mol. The number of rotatable bonds is 7. The fourth-order valence-electron chi connectivity index (χ4n) is 3.57. The molecule has 3 aromatic rings. The first-order valence-corrected chi connectivity index (χ1v) is 10.9. The molecule has 174 valence electrons. The molecule has 0 unspecified atom stereocenters. The molecule has 0 saturated carbocycles. The van der Waals surface area contributed by atoms with Gasteiger partial charge >= 0.3 is 11.9 Å². The van der Waals surface area contributed by atoms with Crippen molar-refractivity contribution >= 4 is 11.9 Å². The first-order chi connectivity index (χ1) is 15.6. The Morgan fingerprint density at radius 2 is 1.73 bits per heavy atom. The van der Waals surface area contributed by atoms with E-state index in [0.717, 1.165) is 12.0 Å². The van der Waals surface area contributed by atoms with E-state index in [1.165, 1.54) is 13.2 Å². The van der Waals surface area contributed by atoms with Gasteiger partial charge in [0.05, 0.1) is 12.7 Å². The van der Waals surface area contributed by atoms with Crippen molar-refractivity contribution in [1.82, 2.24) is 0 Å². The van der Waals surface area contributed by atoms with Crippen molar-refractivity contribution in [2.75, 3.05) is 7.11 Å². The van der Waals surface area contributed by atoms with Gasteiger partial charge in [-0.1, -0.05) is 37.3 Å². The Kier molecular flexibility index (Phi) is 7.36. The minimum atomic E-state index is -0.636. The highest BCUT2D eigenvalue weighted by Crippen LogP contribution is 2.29. The highest BCUT2D eigenvalue weighted by Gasteiger charge is 2.22. The molecule has 0 radical (unpaired) electrons. The number of benzene rings is 2. The maximum absolute atomic E-state index is 15.1. The smallest absolute Gasteiger partial charge is 0.373 e. The molecule has 0 fully saturated rings. The number of methoxy groups -OCH3 is 1. The Hall–Kier alpha value is -3.41. The van der Waals surface area contributed by atoms with Gasteiger partial charge in [0.25, 0.3) is 0 Å². The van der Waals surface area contributed by atoms with Crippen molar-refractivity contribution in [3.05, 3.63) is 82.6 Å². The van der Waals surface area contributed by atoms with Gasteiger partial charge in [0.15, 0.2) is 0 Å². The predicted octanol–water partition coefficient (Wildman–Crippen LogP) is 6.37. The molecule has 0 N–H and O–H groups in total. The molecule has 0 spiro atoms. The second-order valence-electron chi connectivity index (χ2n) is 8.83.